The van der Waals surface area contributed by atoms with Gasteiger partial charge in [0.05, 0.1) is 30.1 Å². The van der Waals surface area contributed by atoms with Crippen molar-refractivity contribution in [3.8, 4) is 0 Å². The number of benzene rings is 3. The first-order valence-electron chi connectivity index (χ1n) is 15.2. The number of hydrogen-bond acceptors (Lipinski definition) is 5. The number of anilines is 2. The molecule has 3 aromatic carbocycles. The van der Waals surface area contributed by atoms with Crippen LogP contribution in [-0.4, -0.2) is 70.7 Å². The maximum atomic E-state index is 14.9. The number of fused-ring (bicyclic) bond motifs is 2. The van der Waals surface area contributed by atoms with Crippen LogP contribution in [-0.2, 0) is 25.5 Å². The van der Waals surface area contributed by atoms with Gasteiger partial charge in [0.15, 0.2) is 0 Å². The fraction of sp³-hybridized carbons (Fsp3) is 0.306. The summed E-state index contributed by atoms with van der Waals surface area (Å²) < 4.78 is 6.97. The molecule has 4 aliphatic rings. The number of aliphatic hydroxyl groups excluding tert-OH is 1. The van der Waals surface area contributed by atoms with E-state index in [9.17, 15) is 19.5 Å². The maximum Gasteiger partial charge on any atom is 0.253 e. The van der Waals surface area contributed by atoms with E-state index in [0.717, 1.165) is 11.3 Å². The predicted octanol–water partition coefficient (Wildman–Crippen LogP) is 4.42. The van der Waals surface area contributed by atoms with E-state index in [-0.39, 0.29) is 30.9 Å². The fourth-order valence-corrected chi connectivity index (χ4v) is 7.81. The van der Waals surface area contributed by atoms with E-state index in [1.54, 1.807) is 34.1 Å². The number of carbonyl (C=O) groups is 3. The van der Waals surface area contributed by atoms with Gasteiger partial charge in [0.25, 0.3) is 5.91 Å². The molecule has 9 heteroatoms. The average molecular weight is 624 g/mol. The predicted molar refractivity (Wildman–Crippen MR) is 172 cm³/mol. The smallest absolute Gasteiger partial charge is 0.253 e. The topological polar surface area (TPSA) is 90.4 Å². The van der Waals surface area contributed by atoms with E-state index >= 15 is 0 Å². The molecule has 7 rings (SSSR count). The van der Waals surface area contributed by atoms with E-state index in [1.165, 1.54) is 4.90 Å². The van der Waals surface area contributed by atoms with E-state index in [1.807, 2.05) is 91.9 Å². The second-order valence-corrected chi connectivity index (χ2v) is 12.7. The highest BCUT2D eigenvalue weighted by Crippen LogP contribution is 2.58. The fourth-order valence-electron chi connectivity index (χ4n) is 7.68. The minimum absolute atomic E-state index is 0.237. The lowest BCUT2D eigenvalue weighted by atomic mass is 9.74. The third kappa shape index (κ3) is 4.71. The van der Waals surface area contributed by atoms with Crippen molar-refractivity contribution in [3.63, 3.8) is 0 Å². The van der Waals surface area contributed by atoms with Crippen LogP contribution in [0.5, 0.6) is 0 Å². The number of likely N-dealkylation sites (tertiary alicyclic amines) is 1. The quantitative estimate of drug-likeness (QED) is 0.411. The molecule has 3 aromatic rings. The molecule has 0 saturated carbocycles. The van der Waals surface area contributed by atoms with Gasteiger partial charge < -0.3 is 24.5 Å². The Labute approximate surface area is 267 Å². The molecule has 2 saturated heterocycles. The van der Waals surface area contributed by atoms with Gasteiger partial charge in [0.1, 0.15) is 11.6 Å². The molecular weight excluding hydrogens is 590 g/mol. The Morgan fingerprint density at radius 2 is 1.40 bits per heavy atom. The van der Waals surface area contributed by atoms with Crippen molar-refractivity contribution in [2.24, 2.45) is 11.8 Å². The zero-order valence-electron chi connectivity index (χ0n) is 24.8. The van der Waals surface area contributed by atoms with Crippen molar-refractivity contribution in [1.82, 2.24) is 4.90 Å². The van der Waals surface area contributed by atoms with Gasteiger partial charge in [-0.25, -0.2) is 0 Å². The molecule has 230 valence electrons. The third-order valence-corrected chi connectivity index (χ3v) is 9.87. The number of amides is 3. The van der Waals surface area contributed by atoms with Crippen molar-refractivity contribution in [3.05, 3.63) is 120 Å². The van der Waals surface area contributed by atoms with Crippen LogP contribution < -0.4 is 9.80 Å². The molecule has 3 amide bonds. The van der Waals surface area contributed by atoms with Crippen molar-refractivity contribution in [2.75, 3.05) is 29.5 Å². The number of hydrogen-bond donors (Lipinski definition) is 1. The first kappa shape index (κ1) is 29.5. The summed E-state index contributed by atoms with van der Waals surface area (Å²) in [5.74, 6) is -2.87. The highest BCUT2D eigenvalue weighted by atomic mass is 35.5. The largest absolute Gasteiger partial charge is 0.394 e. The summed E-state index contributed by atoms with van der Waals surface area (Å²) in [7, 11) is 0. The van der Waals surface area contributed by atoms with Gasteiger partial charge in [0.2, 0.25) is 11.8 Å². The van der Waals surface area contributed by atoms with Crippen molar-refractivity contribution >= 4 is 40.7 Å². The molecular formula is C36H34ClN3O5. The van der Waals surface area contributed by atoms with Gasteiger partial charge in [-0.1, -0.05) is 84.4 Å². The lowest BCUT2D eigenvalue weighted by molar-refractivity contribution is -0.147. The molecule has 0 aliphatic carbocycles. The average Bonchev–Trinajstić information content (AvgIpc) is 3.32. The van der Waals surface area contributed by atoms with E-state index in [4.69, 9.17) is 16.3 Å². The minimum atomic E-state index is -1.45. The van der Waals surface area contributed by atoms with Crippen LogP contribution in [0.25, 0.3) is 0 Å². The van der Waals surface area contributed by atoms with Crippen LogP contribution in [0.2, 0.25) is 5.02 Å². The molecule has 1 unspecified atom stereocenters. The molecule has 4 aliphatic heterocycles. The van der Waals surface area contributed by atoms with Crippen LogP contribution in [0.15, 0.2) is 109 Å². The molecule has 0 aromatic heterocycles. The van der Waals surface area contributed by atoms with Crippen molar-refractivity contribution < 1.29 is 24.2 Å². The number of ether oxygens (including phenoxy) is 1. The highest BCUT2D eigenvalue weighted by Gasteiger charge is 2.75. The van der Waals surface area contributed by atoms with Crippen LogP contribution >= 0.6 is 11.6 Å². The molecule has 0 radical (unpaired) electrons. The molecule has 1 N–H and O–H groups in total. The number of para-hydroxylation sites is 1. The molecule has 1 spiro atoms. The zero-order valence-corrected chi connectivity index (χ0v) is 25.6. The third-order valence-electron chi connectivity index (χ3n) is 9.62. The van der Waals surface area contributed by atoms with Gasteiger partial charge >= 0.3 is 0 Å². The standard InChI is InChI=1S/C36H34ClN3O5/c1-35-18-8-20-38(26-12-6-3-7-13-26)32(42)29(35)30-33(43)40(28(23-41)22-24-10-4-2-5-11-24)31-34(44)39(21-9-19-36(30,31)45-35)27-16-14-25(37)15-17-27/h2-19,28-31,41H,20-23H2,1H3/t28-,29-,30+,31?,35+,36+/m1/s1. The lowest BCUT2D eigenvalue weighted by Crippen LogP contribution is -2.59. The first-order valence-corrected chi connectivity index (χ1v) is 15.6. The second-order valence-electron chi connectivity index (χ2n) is 12.3. The Bertz CT molecular complexity index is 1680. The van der Waals surface area contributed by atoms with Crippen LogP contribution in [0.3, 0.4) is 0 Å². The highest BCUT2D eigenvalue weighted by molar-refractivity contribution is 6.30. The number of rotatable bonds is 6. The molecule has 8 nitrogen and oxygen atoms in total. The monoisotopic (exact) mass is 623 g/mol. The Hall–Kier alpha value is -4.24. The molecule has 0 bridgehead atoms. The van der Waals surface area contributed by atoms with Crippen LogP contribution in [0.1, 0.15) is 12.5 Å². The van der Waals surface area contributed by atoms with Crippen molar-refractivity contribution in [1.29, 1.82) is 0 Å². The van der Waals surface area contributed by atoms with E-state index in [0.29, 0.717) is 23.7 Å². The van der Waals surface area contributed by atoms with Gasteiger partial charge in [-0.05, 0) is 55.3 Å². The summed E-state index contributed by atoms with van der Waals surface area (Å²) in [5, 5.41) is 11.3. The van der Waals surface area contributed by atoms with Gasteiger partial charge in [-0.2, -0.15) is 0 Å². The number of halogens is 1. The normalized spacial score (nSPS) is 29.7. The van der Waals surface area contributed by atoms with Gasteiger partial charge in [-0.3, -0.25) is 14.4 Å². The zero-order chi connectivity index (χ0) is 31.3. The molecule has 6 atom stereocenters. The van der Waals surface area contributed by atoms with Gasteiger partial charge in [0, 0.05) is 29.5 Å². The second kappa shape index (κ2) is 11.3. The summed E-state index contributed by atoms with van der Waals surface area (Å²) >= 11 is 6.17. The van der Waals surface area contributed by atoms with Crippen LogP contribution in [0, 0.1) is 11.8 Å². The molecule has 45 heavy (non-hydrogen) atoms. The van der Waals surface area contributed by atoms with Crippen molar-refractivity contribution in [2.45, 2.75) is 36.6 Å². The molecule has 2 fully saturated rings. The van der Waals surface area contributed by atoms with Gasteiger partial charge in [-0.15, -0.1) is 0 Å². The summed E-state index contributed by atoms with van der Waals surface area (Å²) in [5.41, 5.74) is -0.348. The Balaban J connectivity index is 1.37. The summed E-state index contributed by atoms with van der Waals surface area (Å²) in [6.45, 7) is 2.02. The molecule has 4 heterocycles. The summed E-state index contributed by atoms with van der Waals surface area (Å²) in [4.78, 5) is 49.1. The number of nitrogens with zero attached hydrogens (tertiary/aromatic N) is 3. The Morgan fingerprint density at radius 1 is 0.800 bits per heavy atom. The summed E-state index contributed by atoms with van der Waals surface area (Å²) in [6.07, 6.45) is 7.76. The van der Waals surface area contributed by atoms with Crippen LogP contribution in [0.4, 0.5) is 11.4 Å². The lowest BCUT2D eigenvalue weighted by Gasteiger charge is -2.40. The summed E-state index contributed by atoms with van der Waals surface area (Å²) in [6, 6.07) is 24.0. The minimum Gasteiger partial charge on any atom is -0.394 e. The first-order chi connectivity index (χ1) is 21.8. The van der Waals surface area contributed by atoms with E-state index in [2.05, 4.69) is 0 Å². The number of aliphatic hydroxyl groups is 1. The Morgan fingerprint density at radius 3 is 2.07 bits per heavy atom. The number of carbonyl (C=O) groups excluding carboxylic acids is 3. The SMILES string of the molecule is C[C@]12C=CCN(c3ccccc3)C(=O)[C@H]1[C@H]1C(=O)N([C@@H](CO)Cc3ccccc3)C3C(=O)N(c4ccc(Cl)cc4)CC=C[C@@]31O2. The maximum absolute atomic E-state index is 14.9. The Kier molecular flexibility index (Phi) is 7.39. The van der Waals surface area contributed by atoms with E-state index < -0.39 is 35.1 Å².